The van der Waals surface area contributed by atoms with Gasteiger partial charge in [-0.25, -0.2) is 0 Å². The molecule has 0 saturated carbocycles. The van der Waals surface area contributed by atoms with E-state index in [1.165, 1.54) is 0 Å². The first kappa shape index (κ1) is 24.7. The van der Waals surface area contributed by atoms with Crippen molar-refractivity contribution in [3.8, 4) is 0 Å². The average Bonchev–Trinajstić information content (AvgIpc) is 2.60. The second-order valence-electron chi connectivity index (χ2n) is 8.65. The molecule has 0 radical (unpaired) electrons. The van der Waals surface area contributed by atoms with Gasteiger partial charge in [-0.2, -0.15) is 26.3 Å². The second kappa shape index (κ2) is 8.18. The van der Waals surface area contributed by atoms with E-state index in [0.29, 0.717) is 18.7 Å². The molecule has 11 heteroatoms. The number of nitrogens with zero attached hydrogens (tertiary/aromatic N) is 1. The number of hydrogen-bond donors (Lipinski definition) is 2. The summed E-state index contributed by atoms with van der Waals surface area (Å²) in [6.45, 7) is 6.11. The topological polar surface area (TPSA) is 61.4 Å². The Morgan fingerprint density at radius 3 is 1.68 bits per heavy atom. The van der Waals surface area contributed by atoms with Gasteiger partial charge in [0, 0.05) is 18.3 Å². The fourth-order valence-corrected chi connectivity index (χ4v) is 2.90. The predicted molar refractivity (Wildman–Crippen MR) is 107 cm³/mol. The van der Waals surface area contributed by atoms with Crippen LogP contribution in [0.4, 0.5) is 43.4 Å². The van der Waals surface area contributed by atoms with Crippen molar-refractivity contribution in [2.24, 2.45) is 5.41 Å². The molecule has 0 heterocycles. The highest BCUT2D eigenvalue weighted by molar-refractivity contribution is 5.79. The number of anilines is 3. The Morgan fingerprint density at radius 2 is 1.29 bits per heavy atom. The summed E-state index contributed by atoms with van der Waals surface area (Å²) in [5, 5.41) is 5.20. The first-order valence-electron chi connectivity index (χ1n) is 9.22. The van der Waals surface area contributed by atoms with E-state index in [1.807, 2.05) is 25.7 Å². The number of hydrogen-bond acceptors (Lipinski definition) is 5. The molecule has 2 aromatic rings. The minimum atomic E-state index is -5.03. The molecule has 0 unspecified atom stereocenters. The molecule has 172 valence electrons. The van der Waals surface area contributed by atoms with Gasteiger partial charge >= 0.3 is 12.4 Å². The molecule has 2 rings (SSSR count). The van der Waals surface area contributed by atoms with E-state index in [0.717, 1.165) is 0 Å². The van der Waals surface area contributed by atoms with E-state index >= 15 is 0 Å². The summed E-state index contributed by atoms with van der Waals surface area (Å²) in [4.78, 5) is 25.9. The monoisotopic (exact) mass is 451 g/mol. The molecule has 0 spiro atoms. The standard InChI is InChI=1S/C20H23F6N3O2/c1-18(2,3)13(9-29(4)5)28-15-14(16(30)17(15)31)27-12-7-10(19(21,22)23)6-11(8-12)20(24,25)26/h6-8,13,27-28H,9H2,1-5H3/t13-/m1/s1. The van der Waals surface area contributed by atoms with Crippen molar-refractivity contribution < 1.29 is 26.3 Å². The zero-order valence-corrected chi connectivity index (χ0v) is 17.5. The summed E-state index contributed by atoms with van der Waals surface area (Å²) in [5.74, 6) is 0. The van der Waals surface area contributed by atoms with Crippen molar-refractivity contribution in [2.75, 3.05) is 31.3 Å². The lowest BCUT2D eigenvalue weighted by Crippen LogP contribution is -2.46. The third-order valence-corrected chi connectivity index (χ3v) is 4.68. The molecule has 0 aliphatic rings. The molecule has 2 aromatic carbocycles. The summed E-state index contributed by atoms with van der Waals surface area (Å²) < 4.78 is 78.4. The average molecular weight is 451 g/mol. The molecule has 0 saturated heterocycles. The van der Waals surface area contributed by atoms with Crippen molar-refractivity contribution in [3.63, 3.8) is 0 Å². The highest BCUT2D eigenvalue weighted by Gasteiger charge is 2.37. The van der Waals surface area contributed by atoms with Gasteiger partial charge in [0.2, 0.25) is 0 Å². The van der Waals surface area contributed by atoms with Crippen LogP contribution in [0.3, 0.4) is 0 Å². The van der Waals surface area contributed by atoms with Crippen LogP contribution in [0.15, 0.2) is 27.8 Å². The Bertz CT molecular complexity index is 980. The maximum Gasteiger partial charge on any atom is 0.416 e. The van der Waals surface area contributed by atoms with Crippen LogP contribution in [0.2, 0.25) is 0 Å². The van der Waals surface area contributed by atoms with Crippen LogP contribution in [0.25, 0.3) is 0 Å². The Hall–Kier alpha value is -2.56. The largest absolute Gasteiger partial charge is 0.416 e. The number of halogens is 6. The quantitative estimate of drug-likeness (QED) is 0.502. The SMILES string of the molecule is CN(C)C[C@@H](Nc1c(Nc2cc(C(F)(F)F)cc(C(F)(F)F)c2)c(=O)c1=O)C(C)(C)C. The van der Waals surface area contributed by atoms with Crippen molar-refractivity contribution in [3.05, 3.63) is 49.8 Å². The smallest absolute Gasteiger partial charge is 0.375 e. The van der Waals surface area contributed by atoms with Crippen LogP contribution in [0, 0.1) is 5.41 Å². The molecule has 2 N–H and O–H groups in total. The zero-order chi connectivity index (χ0) is 23.9. The second-order valence-corrected chi connectivity index (χ2v) is 8.65. The van der Waals surface area contributed by atoms with E-state index in [-0.39, 0.29) is 28.9 Å². The predicted octanol–water partition coefficient (Wildman–Crippen LogP) is 4.45. The zero-order valence-electron chi connectivity index (χ0n) is 17.5. The van der Waals surface area contributed by atoms with Crippen LogP contribution >= 0.6 is 0 Å². The Morgan fingerprint density at radius 1 is 0.839 bits per heavy atom. The van der Waals surface area contributed by atoms with Gasteiger partial charge in [0.15, 0.2) is 0 Å². The molecular weight excluding hydrogens is 428 g/mol. The number of rotatable bonds is 6. The fraction of sp³-hybridized carbons (Fsp3) is 0.500. The Kier molecular flexibility index (Phi) is 6.52. The molecule has 1 atom stereocenters. The van der Waals surface area contributed by atoms with E-state index in [1.54, 1.807) is 14.1 Å². The van der Waals surface area contributed by atoms with Crippen molar-refractivity contribution in [2.45, 2.75) is 39.2 Å². The number of nitrogens with one attached hydrogen (secondary N) is 2. The molecule has 0 amide bonds. The first-order valence-corrected chi connectivity index (χ1v) is 9.22. The van der Waals surface area contributed by atoms with E-state index < -0.39 is 40.0 Å². The fourth-order valence-electron chi connectivity index (χ4n) is 2.90. The summed E-state index contributed by atoms with van der Waals surface area (Å²) >= 11 is 0. The minimum Gasteiger partial charge on any atom is -0.375 e. The molecule has 0 fully saturated rings. The lowest BCUT2D eigenvalue weighted by atomic mass is 9.86. The van der Waals surface area contributed by atoms with Gasteiger partial charge in [0.05, 0.1) is 11.1 Å². The maximum absolute atomic E-state index is 13.1. The normalized spacial score (nSPS) is 14.2. The van der Waals surface area contributed by atoms with Crippen molar-refractivity contribution in [1.29, 1.82) is 0 Å². The van der Waals surface area contributed by atoms with Crippen LogP contribution in [0.5, 0.6) is 0 Å². The first-order chi connectivity index (χ1) is 13.9. The van der Waals surface area contributed by atoms with Gasteiger partial charge in [-0.05, 0) is 37.7 Å². The van der Waals surface area contributed by atoms with Crippen molar-refractivity contribution in [1.82, 2.24) is 4.90 Å². The summed E-state index contributed by atoms with van der Waals surface area (Å²) in [6.07, 6.45) is -10.1. The van der Waals surface area contributed by atoms with Gasteiger partial charge in [0.1, 0.15) is 11.4 Å². The molecule has 0 aliphatic heterocycles. The van der Waals surface area contributed by atoms with Crippen LogP contribution < -0.4 is 21.5 Å². The van der Waals surface area contributed by atoms with E-state index in [9.17, 15) is 35.9 Å². The van der Waals surface area contributed by atoms with Gasteiger partial charge in [0.25, 0.3) is 10.9 Å². The minimum absolute atomic E-state index is 0.0147. The van der Waals surface area contributed by atoms with E-state index in [2.05, 4.69) is 10.6 Å². The summed E-state index contributed by atoms with van der Waals surface area (Å²) in [5.41, 5.74) is -6.48. The molecule has 0 bridgehead atoms. The highest BCUT2D eigenvalue weighted by Crippen LogP contribution is 2.38. The third kappa shape index (κ3) is 5.78. The van der Waals surface area contributed by atoms with Crippen LogP contribution in [-0.2, 0) is 12.4 Å². The van der Waals surface area contributed by atoms with Gasteiger partial charge < -0.3 is 15.5 Å². The highest BCUT2D eigenvalue weighted by atomic mass is 19.4. The molecular formula is C20H23F6N3O2. The Balaban J connectivity index is 2.46. The van der Waals surface area contributed by atoms with E-state index in [4.69, 9.17) is 0 Å². The number of alkyl halides is 6. The number of benzene rings is 1. The summed E-state index contributed by atoms with van der Waals surface area (Å²) in [7, 11) is 3.59. The van der Waals surface area contributed by atoms with Gasteiger partial charge in [-0.1, -0.05) is 20.8 Å². The Labute approximate surface area is 174 Å². The molecule has 0 aromatic heterocycles. The lowest BCUT2D eigenvalue weighted by molar-refractivity contribution is -0.143. The third-order valence-electron chi connectivity index (χ3n) is 4.68. The van der Waals surface area contributed by atoms with Crippen molar-refractivity contribution >= 4 is 17.1 Å². The number of likely N-dealkylation sites (N-methyl/N-ethyl adjacent to an activating group) is 1. The van der Waals surface area contributed by atoms with Gasteiger partial charge in [-0.15, -0.1) is 0 Å². The summed E-state index contributed by atoms with van der Waals surface area (Å²) in [6, 6.07) is 0.561. The lowest BCUT2D eigenvalue weighted by Gasteiger charge is -2.35. The molecule has 31 heavy (non-hydrogen) atoms. The van der Waals surface area contributed by atoms with Gasteiger partial charge in [-0.3, -0.25) is 9.59 Å². The molecule has 0 aliphatic carbocycles. The van der Waals surface area contributed by atoms with Crippen LogP contribution in [0.1, 0.15) is 31.9 Å². The molecule has 5 nitrogen and oxygen atoms in total. The maximum atomic E-state index is 13.1. The van der Waals surface area contributed by atoms with Crippen LogP contribution in [-0.4, -0.2) is 31.6 Å².